The van der Waals surface area contributed by atoms with Gasteiger partial charge in [-0.25, -0.2) is 8.42 Å². The first-order chi connectivity index (χ1) is 19.5. The Labute approximate surface area is 259 Å². The molecule has 3 aromatic rings. The van der Waals surface area contributed by atoms with Crippen LogP contribution in [0, 0.1) is 20.8 Å². The molecule has 226 valence electrons. The van der Waals surface area contributed by atoms with Crippen molar-refractivity contribution < 1.29 is 18.0 Å². The van der Waals surface area contributed by atoms with Crippen LogP contribution < -0.4 is 9.62 Å². The molecule has 0 fully saturated rings. The largest absolute Gasteiger partial charge is 0.350 e. The topological polar surface area (TPSA) is 86.8 Å². The molecule has 1 atom stereocenters. The van der Waals surface area contributed by atoms with Gasteiger partial charge in [0.05, 0.1) is 10.6 Å². The third-order valence-corrected chi connectivity index (χ3v) is 9.28. The molecule has 7 nitrogen and oxygen atoms in total. The fraction of sp³-hybridized carbons (Fsp3) is 0.375. The summed E-state index contributed by atoms with van der Waals surface area (Å²) in [6.45, 7) is 12.5. The van der Waals surface area contributed by atoms with Crippen molar-refractivity contribution in [1.29, 1.82) is 0 Å². The lowest BCUT2D eigenvalue weighted by Crippen LogP contribution is -2.55. The van der Waals surface area contributed by atoms with Crippen molar-refractivity contribution in [2.24, 2.45) is 0 Å². The van der Waals surface area contributed by atoms with Gasteiger partial charge in [-0.1, -0.05) is 60.0 Å². The number of amides is 2. The van der Waals surface area contributed by atoms with Gasteiger partial charge >= 0.3 is 0 Å². The molecule has 0 saturated carbocycles. The molecule has 0 aliphatic heterocycles. The number of hydrogen-bond acceptors (Lipinski definition) is 4. The van der Waals surface area contributed by atoms with E-state index < -0.39 is 34.1 Å². The van der Waals surface area contributed by atoms with Crippen LogP contribution in [0.2, 0.25) is 10.0 Å². The molecule has 0 saturated heterocycles. The van der Waals surface area contributed by atoms with E-state index in [4.69, 9.17) is 23.2 Å². The first-order valence-electron chi connectivity index (χ1n) is 13.8. The molecule has 0 aliphatic carbocycles. The summed E-state index contributed by atoms with van der Waals surface area (Å²) in [5, 5.41) is 3.73. The molecule has 0 aliphatic rings. The van der Waals surface area contributed by atoms with Gasteiger partial charge in [-0.05, 0) is 101 Å². The van der Waals surface area contributed by atoms with E-state index in [0.717, 1.165) is 21.0 Å². The summed E-state index contributed by atoms with van der Waals surface area (Å²) in [4.78, 5) is 29.2. The standard InChI is InChI=1S/C32H39Cl2N3O4S/c1-8-29(31(39)35-32(5,6)7)36(19-24-12-13-25(33)18-28(24)34)30(38)20-37(26-14-11-22(3)23(4)17-26)42(40,41)27-15-9-21(2)10-16-27/h9-18,29H,8,19-20H2,1-7H3,(H,35,39)/t29-/m0/s1. The van der Waals surface area contributed by atoms with Crippen LogP contribution in [0.25, 0.3) is 0 Å². The number of hydrogen-bond donors (Lipinski definition) is 1. The van der Waals surface area contributed by atoms with Crippen molar-refractivity contribution in [2.75, 3.05) is 10.8 Å². The minimum atomic E-state index is -4.16. The van der Waals surface area contributed by atoms with Crippen LogP contribution in [-0.4, -0.2) is 43.3 Å². The van der Waals surface area contributed by atoms with Crippen molar-refractivity contribution in [3.63, 3.8) is 0 Å². The van der Waals surface area contributed by atoms with Crippen molar-refractivity contribution >= 4 is 50.7 Å². The van der Waals surface area contributed by atoms with E-state index >= 15 is 0 Å². The first-order valence-corrected chi connectivity index (χ1v) is 15.9. The van der Waals surface area contributed by atoms with Gasteiger partial charge in [0, 0.05) is 22.1 Å². The summed E-state index contributed by atoms with van der Waals surface area (Å²) in [5.41, 5.74) is 3.16. The Hall–Kier alpha value is -3.07. The molecule has 0 unspecified atom stereocenters. The Morgan fingerprint density at radius 1 is 0.905 bits per heavy atom. The number of nitrogens with one attached hydrogen (secondary N) is 1. The van der Waals surface area contributed by atoms with Crippen molar-refractivity contribution in [2.45, 2.75) is 77.9 Å². The average Bonchev–Trinajstić information content (AvgIpc) is 2.89. The molecule has 3 rings (SSSR count). The van der Waals surface area contributed by atoms with Gasteiger partial charge in [0.15, 0.2) is 0 Å². The van der Waals surface area contributed by atoms with Gasteiger partial charge in [-0.3, -0.25) is 13.9 Å². The predicted molar refractivity (Wildman–Crippen MR) is 171 cm³/mol. The van der Waals surface area contributed by atoms with Gasteiger partial charge < -0.3 is 10.2 Å². The molecular formula is C32H39Cl2N3O4S. The molecule has 42 heavy (non-hydrogen) atoms. The van der Waals surface area contributed by atoms with E-state index in [9.17, 15) is 18.0 Å². The lowest BCUT2D eigenvalue weighted by Gasteiger charge is -2.35. The van der Waals surface area contributed by atoms with Crippen molar-refractivity contribution in [3.8, 4) is 0 Å². The van der Waals surface area contributed by atoms with Crippen LogP contribution in [-0.2, 0) is 26.2 Å². The van der Waals surface area contributed by atoms with Gasteiger partial charge in [0.2, 0.25) is 11.8 Å². The Kier molecular flexibility index (Phi) is 10.7. The van der Waals surface area contributed by atoms with Crippen molar-refractivity contribution in [3.05, 3.63) is 93.0 Å². The third kappa shape index (κ3) is 8.27. The summed E-state index contributed by atoms with van der Waals surface area (Å²) in [5.74, 6) is -0.895. The summed E-state index contributed by atoms with van der Waals surface area (Å²) in [6, 6.07) is 15.8. The second-order valence-electron chi connectivity index (χ2n) is 11.5. The highest BCUT2D eigenvalue weighted by molar-refractivity contribution is 7.92. The van der Waals surface area contributed by atoms with Crippen LogP contribution in [0.4, 0.5) is 5.69 Å². The molecule has 1 N–H and O–H groups in total. The molecule has 10 heteroatoms. The van der Waals surface area contributed by atoms with Gasteiger partial charge in [0.25, 0.3) is 10.0 Å². The number of nitrogens with zero attached hydrogens (tertiary/aromatic N) is 2. The van der Waals surface area contributed by atoms with E-state index in [-0.39, 0.29) is 17.3 Å². The lowest BCUT2D eigenvalue weighted by atomic mass is 10.1. The number of aryl methyl sites for hydroxylation is 3. The summed E-state index contributed by atoms with van der Waals surface area (Å²) >= 11 is 12.6. The first kappa shape index (κ1) is 33.4. The predicted octanol–water partition coefficient (Wildman–Crippen LogP) is 6.84. The highest BCUT2D eigenvalue weighted by atomic mass is 35.5. The van der Waals surface area contributed by atoms with E-state index in [1.165, 1.54) is 17.0 Å². The summed E-state index contributed by atoms with van der Waals surface area (Å²) in [6.07, 6.45) is 0.299. The highest BCUT2D eigenvalue weighted by Gasteiger charge is 2.35. The zero-order valence-electron chi connectivity index (χ0n) is 25.2. The maximum absolute atomic E-state index is 14.2. The normalized spacial score (nSPS) is 12.5. The van der Waals surface area contributed by atoms with Crippen LogP contribution in [0.1, 0.15) is 56.4 Å². The number of sulfonamides is 1. The Balaban J connectivity index is 2.12. The van der Waals surface area contributed by atoms with Crippen LogP contribution in [0.5, 0.6) is 0 Å². The van der Waals surface area contributed by atoms with E-state index in [0.29, 0.717) is 27.7 Å². The monoisotopic (exact) mass is 631 g/mol. The number of anilines is 1. The van der Waals surface area contributed by atoms with Crippen molar-refractivity contribution in [1.82, 2.24) is 10.2 Å². The maximum Gasteiger partial charge on any atom is 0.264 e. The molecule has 0 bridgehead atoms. The quantitative estimate of drug-likeness (QED) is 0.265. The van der Waals surface area contributed by atoms with Crippen LogP contribution in [0.3, 0.4) is 0 Å². The number of halogens is 2. The fourth-order valence-corrected chi connectivity index (χ4v) is 6.33. The smallest absolute Gasteiger partial charge is 0.264 e. The third-order valence-electron chi connectivity index (χ3n) is 6.91. The van der Waals surface area contributed by atoms with E-state index in [1.807, 2.05) is 47.6 Å². The molecule has 0 heterocycles. The number of benzene rings is 3. The van der Waals surface area contributed by atoms with E-state index in [2.05, 4.69) is 5.32 Å². The molecule has 0 radical (unpaired) electrons. The van der Waals surface area contributed by atoms with E-state index in [1.54, 1.807) is 49.4 Å². The average molecular weight is 633 g/mol. The molecular weight excluding hydrogens is 593 g/mol. The second kappa shape index (κ2) is 13.5. The number of carbonyl (C=O) groups is 2. The van der Waals surface area contributed by atoms with Crippen LogP contribution in [0.15, 0.2) is 65.6 Å². The second-order valence-corrected chi connectivity index (χ2v) is 14.2. The van der Waals surface area contributed by atoms with Crippen LogP contribution >= 0.6 is 23.2 Å². The zero-order chi connectivity index (χ0) is 31.4. The number of carbonyl (C=O) groups excluding carboxylic acids is 2. The molecule has 2 amide bonds. The molecule has 0 aromatic heterocycles. The SMILES string of the molecule is CC[C@@H](C(=O)NC(C)(C)C)N(Cc1ccc(Cl)cc1Cl)C(=O)CN(c1ccc(C)c(C)c1)S(=O)(=O)c1ccc(C)cc1. The number of rotatable bonds is 10. The summed E-state index contributed by atoms with van der Waals surface area (Å²) < 4.78 is 29.2. The lowest BCUT2D eigenvalue weighted by molar-refractivity contribution is -0.141. The Morgan fingerprint density at radius 2 is 1.55 bits per heavy atom. The highest BCUT2D eigenvalue weighted by Crippen LogP contribution is 2.28. The Morgan fingerprint density at radius 3 is 2.10 bits per heavy atom. The minimum absolute atomic E-state index is 0.0176. The zero-order valence-corrected chi connectivity index (χ0v) is 27.5. The minimum Gasteiger partial charge on any atom is -0.350 e. The molecule has 3 aromatic carbocycles. The summed E-state index contributed by atoms with van der Waals surface area (Å²) in [7, 11) is -4.16. The van der Waals surface area contributed by atoms with Gasteiger partial charge in [0.1, 0.15) is 12.6 Å². The maximum atomic E-state index is 14.2. The molecule has 0 spiro atoms. The fourth-order valence-electron chi connectivity index (χ4n) is 4.45. The van der Waals surface area contributed by atoms with Gasteiger partial charge in [-0.15, -0.1) is 0 Å². The Bertz CT molecular complexity index is 1550. The van der Waals surface area contributed by atoms with Gasteiger partial charge in [-0.2, -0.15) is 0 Å².